The number of aliphatic hydroxyl groups excluding tert-OH is 2. The summed E-state index contributed by atoms with van der Waals surface area (Å²) in [5, 5.41) is 21.3. The zero-order chi connectivity index (χ0) is 46.2. The van der Waals surface area contributed by atoms with Crippen LogP contribution in [0.3, 0.4) is 0 Å². The highest BCUT2D eigenvalue weighted by molar-refractivity contribution is 6.12. The number of unbranched alkanes of at least 4 members (excludes halogenated alkanes) is 33. The molecule has 0 aromatic rings. The van der Waals surface area contributed by atoms with E-state index in [2.05, 4.69) is 57.2 Å². The fourth-order valence-electron chi connectivity index (χ4n) is 8.49. The van der Waals surface area contributed by atoms with Crippen LogP contribution in [0.2, 0.25) is 0 Å². The summed E-state index contributed by atoms with van der Waals surface area (Å²) in [7, 11) is 0. The predicted molar refractivity (Wildman–Crippen MR) is 270 cm³/mol. The number of aliphatic hydroxyl groups is 2. The molecule has 6 nitrogen and oxygen atoms in total. The van der Waals surface area contributed by atoms with Gasteiger partial charge in [-0.1, -0.05) is 211 Å². The van der Waals surface area contributed by atoms with Crippen molar-refractivity contribution >= 4 is 17.5 Å². The molecule has 1 atom stereocenters. The standard InChI is InChI=1S/C57H104O6/c1-4-7-10-13-16-19-22-25-28-31-34-37-40-43-46-49-53(59)57(55(61)52-58,54(60)50-47-44-41-38-35-32-29-26-23-20-17-14-11-8-5-2)63-56(62)51-48-45-42-39-36-33-30-27-24-21-18-15-12-9-6-3/h25-30,55,58,61H,4-24,31-52H2,1-3H3. The van der Waals surface area contributed by atoms with E-state index in [0.29, 0.717) is 19.3 Å². The van der Waals surface area contributed by atoms with Gasteiger partial charge in [-0.15, -0.1) is 0 Å². The summed E-state index contributed by atoms with van der Waals surface area (Å²) in [5.74, 6) is -1.79. The van der Waals surface area contributed by atoms with Crippen molar-refractivity contribution < 1.29 is 29.3 Å². The molecule has 6 heteroatoms. The number of rotatable bonds is 50. The maximum Gasteiger partial charge on any atom is 0.307 e. The maximum absolute atomic E-state index is 14.0. The average Bonchev–Trinajstić information content (AvgIpc) is 3.28. The van der Waals surface area contributed by atoms with Gasteiger partial charge in [-0.3, -0.25) is 14.4 Å². The monoisotopic (exact) mass is 885 g/mol. The lowest BCUT2D eigenvalue weighted by atomic mass is 9.82. The Bertz CT molecular complexity index is 1060. The highest BCUT2D eigenvalue weighted by atomic mass is 16.6. The molecule has 2 N–H and O–H groups in total. The van der Waals surface area contributed by atoms with Crippen LogP contribution in [-0.4, -0.2) is 46.1 Å². The third kappa shape index (κ3) is 36.8. The summed E-state index contributed by atoms with van der Waals surface area (Å²) in [6.07, 6.45) is 56.5. The van der Waals surface area contributed by atoms with Gasteiger partial charge in [-0.05, 0) is 96.3 Å². The van der Waals surface area contributed by atoms with Crippen LogP contribution in [0.4, 0.5) is 0 Å². The lowest BCUT2D eigenvalue weighted by Crippen LogP contribution is -2.60. The minimum atomic E-state index is -2.34. The molecule has 0 aromatic heterocycles. The first kappa shape index (κ1) is 60.9. The first-order valence-electron chi connectivity index (χ1n) is 27.4. The topological polar surface area (TPSA) is 101 Å². The van der Waals surface area contributed by atoms with E-state index in [4.69, 9.17) is 4.74 Å². The number of carbonyl (C=O) groups is 3. The Morgan fingerprint density at radius 3 is 0.889 bits per heavy atom. The van der Waals surface area contributed by atoms with E-state index < -0.39 is 35.8 Å². The highest BCUT2D eigenvalue weighted by Gasteiger charge is 2.53. The van der Waals surface area contributed by atoms with Crippen molar-refractivity contribution in [3.05, 3.63) is 36.5 Å². The van der Waals surface area contributed by atoms with Gasteiger partial charge in [0.1, 0.15) is 6.10 Å². The molecule has 0 aromatic carbocycles. The summed E-state index contributed by atoms with van der Waals surface area (Å²) in [4.78, 5) is 41.2. The number of hydrogen-bond donors (Lipinski definition) is 2. The minimum Gasteiger partial charge on any atom is -0.440 e. The van der Waals surface area contributed by atoms with Gasteiger partial charge in [0.05, 0.1) is 6.61 Å². The molecule has 0 fully saturated rings. The van der Waals surface area contributed by atoms with Crippen LogP contribution in [0.5, 0.6) is 0 Å². The minimum absolute atomic E-state index is 0.0357. The van der Waals surface area contributed by atoms with Gasteiger partial charge in [0.15, 0.2) is 11.6 Å². The first-order chi connectivity index (χ1) is 30.9. The molecule has 0 rings (SSSR count). The van der Waals surface area contributed by atoms with E-state index in [1.165, 1.54) is 122 Å². The van der Waals surface area contributed by atoms with E-state index >= 15 is 0 Å². The molecule has 0 saturated carbocycles. The van der Waals surface area contributed by atoms with E-state index in [9.17, 15) is 24.6 Å². The number of Topliss-reactive ketones (excluding diaryl/α,β-unsaturated/α-hetero) is 2. The largest absolute Gasteiger partial charge is 0.440 e. The second-order valence-corrected chi connectivity index (χ2v) is 18.8. The van der Waals surface area contributed by atoms with Crippen molar-refractivity contribution in [2.45, 2.75) is 302 Å². The van der Waals surface area contributed by atoms with Crippen molar-refractivity contribution in [2.24, 2.45) is 0 Å². The Morgan fingerprint density at radius 1 is 0.381 bits per heavy atom. The third-order valence-corrected chi connectivity index (χ3v) is 12.7. The molecule has 0 bridgehead atoms. The molecule has 0 amide bonds. The highest BCUT2D eigenvalue weighted by Crippen LogP contribution is 2.28. The smallest absolute Gasteiger partial charge is 0.307 e. The lowest BCUT2D eigenvalue weighted by molar-refractivity contribution is -0.188. The van der Waals surface area contributed by atoms with Crippen LogP contribution in [0.25, 0.3) is 0 Å². The Labute approximate surface area is 390 Å². The third-order valence-electron chi connectivity index (χ3n) is 12.7. The summed E-state index contributed by atoms with van der Waals surface area (Å²) in [6, 6.07) is 0. The fourth-order valence-corrected chi connectivity index (χ4v) is 8.49. The van der Waals surface area contributed by atoms with E-state index in [0.717, 1.165) is 109 Å². The number of hydrogen-bond acceptors (Lipinski definition) is 6. The van der Waals surface area contributed by atoms with Gasteiger partial charge >= 0.3 is 5.97 Å². The number of allylic oxidation sites excluding steroid dienone is 6. The summed E-state index contributed by atoms with van der Waals surface area (Å²) in [6.45, 7) is 5.93. The van der Waals surface area contributed by atoms with Crippen LogP contribution < -0.4 is 0 Å². The van der Waals surface area contributed by atoms with Gasteiger partial charge < -0.3 is 14.9 Å². The fraction of sp³-hybridized carbons (Fsp3) is 0.842. The molecule has 0 radical (unpaired) electrons. The molecule has 1 unspecified atom stereocenters. The Hall–Kier alpha value is -2.05. The summed E-state index contributed by atoms with van der Waals surface area (Å²) >= 11 is 0. The molecule has 0 aliphatic carbocycles. The van der Waals surface area contributed by atoms with Crippen molar-refractivity contribution in [3.63, 3.8) is 0 Å². The molecular formula is C57H104O6. The molecule has 0 spiro atoms. The quantitative estimate of drug-likeness (QED) is 0.0273. The Morgan fingerprint density at radius 2 is 0.619 bits per heavy atom. The molecule has 0 aliphatic heterocycles. The molecule has 0 saturated heterocycles. The summed E-state index contributed by atoms with van der Waals surface area (Å²) in [5.41, 5.74) is -2.34. The maximum atomic E-state index is 14.0. The van der Waals surface area contributed by atoms with E-state index in [1.807, 2.05) is 0 Å². The van der Waals surface area contributed by atoms with Crippen molar-refractivity contribution in [1.82, 2.24) is 0 Å². The number of ether oxygens (including phenoxy) is 1. The Balaban J connectivity index is 4.95. The van der Waals surface area contributed by atoms with Crippen molar-refractivity contribution in [1.29, 1.82) is 0 Å². The SMILES string of the molecule is CCCCCCCCC=CCCCCCCCC(=O)OC(C(=O)CCCCCCCC=CCCCCCCCC)(C(=O)CCCCCCCC=CCCCCCCCC)C(O)CO. The lowest BCUT2D eigenvalue weighted by Gasteiger charge is -2.34. The molecule has 368 valence electrons. The zero-order valence-electron chi connectivity index (χ0n) is 42.0. The molecule has 0 aliphatic rings. The van der Waals surface area contributed by atoms with Gasteiger partial charge in [0.25, 0.3) is 5.60 Å². The summed E-state index contributed by atoms with van der Waals surface area (Å²) < 4.78 is 5.81. The first-order valence-corrected chi connectivity index (χ1v) is 27.4. The number of esters is 1. The zero-order valence-corrected chi connectivity index (χ0v) is 42.0. The number of ketones is 2. The van der Waals surface area contributed by atoms with E-state index in [-0.39, 0.29) is 19.3 Å². The van der Waals surface area contributed by atoms with Crippen molar-refractivity contribution in [2.75, 3.05) is 6.61 Å². The molecule has 63 heavy (non-hydrogen) atoms. The second kappa shape index (κ2) is 47.9. The van der Waals surface area contributed by atoms with Crippen LogP contribution in [-0.2, 0) is 19.1 Å². The van der Waals surface area contributed by atoms with Crippen LogP contribution in [0, 0.1) is 0 Å². The second-order valence-electron chi connectivity index (χ2n) is 18.8. The number of carbonyl (C=O) groups excluding carboxylic acids is 3. The molecule has 0 heterocycles. The average molecular weight is 885 g/mol. The van der Waals surface area contributed by atoms with E-state index in [1.54, 1.807) is 0 Å². The van der Waals surface area contributed by atoms with Crippen LogP contribution >= 0.6 is 0 Å². The molecular weight excluding hydrogens is 781 g/mol. The van der Waals surface area contributed by atoms with Crippen LogP contribution in [0.15, 0.2) is 36.5 Å². The van der Waals surface area contributed by atoms with Gasteiger partial charge in [0.2, 0.25) is 0 Å². The Kier molecular flexibility index (Phi) is 46.3. The van der Waals surface area contributed by atoms with Gasteiger partial charge in [-0.25, -0.2) is 0 Å². The van der Waals surface area contributed by atoms with Crippen molar-refractivity contribution in [3.8, 4) is 0 Å². The predicted octanol–water partition coefficient (Wildman–Crippen LogP) is 16.9. The van der Waals surface area contributed by atoms with Gasteiger partial charge in [-0.2, -0.15) is 0 Å². The normalized spacial score (nSPS) is 13.4. The van der Waals surface area contributed by atoms with Crippen LogP contribution in [0.1, 0.15) is 290 Å². The van der Waals surface area contributed by atoms with Gasteiger partial charge in [0, 0.05) is 19.3 Å².